The molecule has 0 radical (unpaired) electrons. The average molecular weight is 290 g/mol. The van der Waals surface area contributed by atoms with Gasteiger partial charge in [-0.25, -0.2) is 9.97 Å². The molecule has 1 amide bonds. The Kier molecular flexibility index (Phi) is 5.53. The highest BCUT2D eigenvalue weighted by atomic mass is 16.1. The Bertz CT molecular complexity index is 479. The first-order chi connectivity index (χ1) is 10.0. The Labute approximate surface area is 127 Å². The second kappa shape index (κ2) is 7.38. The summed E-state index contributed by atoms with van der Waals surface area (Å²) in [5.41, 5.74) is 1.26. The van der Waals surface area contributed by atoms with Gasteiger partial charge in [-0.2, -0.15) is 0 Å². The van der Waals surface area contributed by atoms with Crippen molar-refractivity contribution in [3.05, 3.63) is 17.5 Å². The molecular weight excluding hydrogens is 264 g/mol. The minimum Gasteiger partial charge on any atom is -0.352 e. The number of hydrogen-bond acceptors (Lipinski definition) is 4. The van der Waals surface area contributed by atoms with Crippen LogP contribution >= 0.6 is 0 Å². The minimum atomic E-state index is -0.0841. The van der Waals surface area contributed by atoms with E-state index in [1.807, 2.05) is 20.8 Å². The Hall–Kier alpha value is -1.65. The van der Waals surface area contributed by atoms with Crippen molar-refractivity contribution in [3.63, 3.8) is 0 Å². The zero-order chi connectivity index (χ0) is 15.2. The third-order valence-electron chi connectivity index (χ3n) is 3.70. The summed E-state index contributed by atoms with van der Waals surface area (Å²) in [6.07, 6.45) is 7.12. The van der Waals surface area contributed by atoms with Crippen LogP contribution in [0.2, 0.25) is 0 Å². The van der Waals surface area contributed by atoms with Crippen molar-refractivity contribution in [2.45, 2.75) is 71.4 Å². The highest BCUT2D eigenvalue weighted by Crippen LogP contribution is 2.17. The summed E-state index contributed by atoms with van der Waals surface area (Å²) in [6, 6.07) is 2.28. The lowest BCUT2D eigenvalue weighted by atomic mass is 10.1. The van der Waals surface area contributed by atoms with Gasteiger partial charge in [0.2, 0.25) is 5.95 Å². The molecule has 0 aromatic carbocycles. The molecule has 1 aliphatic carbocycles. The maximum atomic E-state index is 12.4. The highest BCUT2D eigenvalue weighted by molar-refractivity contribution is 5.92. The van der Waals surface area contributed by atoms with Gasteiger partial charge in [0.25, 0.3) is 5.91 Å². The topological polar surface area (TPSA) is 66.9 Å². The third-order valence-corrected chi connectivity index (χ3v) is 3.70. The molecule has 5 heteroatoms. The van der Waals surface area contributed by atoms with Crippen molar-refractivity contribution in [2.24, 2.45) is 0 Å². The van der Waals surface area contributed by atoms with Crippen LogP contribution in [0.5, 0.6) is 0 Å². The molecule has 21 heavy (non-hydrogen) atoms. The summed E-state index contributed by atoms with van der Waals surface area (Å²) in [5, 5.41) is 6.28. The summed E-state index contributed by atoms with van der Waals surface area (Å²) in [6.45, 7) is 5.93. The summed E-state index contributed by atoms with van der Waals surface area (Å²) in [5.74, 6) is 0.440. The highest BCUT2D eigenvalue weighted by Gasteiger charge is 2.17. The number of anilines is 1. The minimum absolute atomic E-state index is 0.0841. The SMILES string of the molecule is Cc1cc(C(=O)NC2CCCCCC2)nc(NC(C)C)n1. The lowest BCUT2D eigenvalue weighted by molar-refractivity contribution is 0.0928. The summed E-state index contributed by atoms with van der Waals surface area (Å²) < 4.78 is 0. The van der Waals surface area contributed by atoms with Crippen molar-refractivity contribution in [3.8, 4) is 0 Å². The van der Waals surface area contributed by atoms with Crippen LogP contribution in [0.1, 0.15) is 68.6 Å². The quantitative estimate of drug-likeness (QED) is 0.836. The van der Waals surface area contributed by atoms with Crippen molar-refractivity contribution >= 4 is 11.9 Å². The number of carbonyl (C=O) groups is 1. The molecule has 1 aromatic rings. The van der Waals surface area contributed by atoms with Crippen molar-refractivity contribution in [2.75, 3.05) is 5.32 Å². The second-order valence-electron chi connectivity index (χ2n) is 6.18. The molecule has 0 spiro atoms. The number of hydrogen-bond donors (Lipinski definition) is 2. The molecule has 1 saturated carbocycles. The molecule has 1 aromatic heterocycles. The summed E-state index contributed by atoms with van der Waals surface area (Å²) in [4.78, 5) is 21.0. The van der Waals surface area contributed by atoms with E-state index in [0.29, 0.717) is 11.6 Å². The van der Waals surface area contributed by atoms with E-state index < -0.39 is 0 Å². The first kappa shape index (κ1) is 15.7. The van der Waals surface area contributed by atoms with E-state index in [1.165, 1.54) is 25.7 Å². The molecule has 0 aliphatic heterocycles. The normalized spacial score (nSPS) is 16.6. The van der Waals surface area contributed by atoms with Crippen LogP contribution in [0.25, 0.3) is 0 Å². The fraction of sp³-hybridized carbons (Fsp3) is 0.688. The first-order valence-electron chi connectivity index (χ1n) is 7.97. The monoisotopic (exact) mass is 290 g/mol. The maximum Gasteiger partial charge on any atom is 0.270 e. The number of aryl methyl sites for hydroxylation is 1. The van der Waals surface area contributed by atoms with E-state index in [9.17, 15) is 4.79 Å². The molecule has 5 nitrogen and oxygen atoms in total. The van der Waals surface area contributed by atoms with Gasteiger partial charge in [-0.05, 0) is 39.7 Å². The first-order valence-corrected chi connectivity index (χ1v) is 7.97. The summed E-state index contributed by atoms with van der Waals surface area (Å²) >= 11 is 0. The van der Waals surface area contributed by atoms with Crippen LogP contribution in [0.15, 0.2) is 6.07 Å². The Morgan fingerprint density at radius 2 is 1.86 bits per heavy atom. The lowest BCUT2D eigenvalue weighted by Crippen LogP contribution is -2.35. The molecule has 2 N–H and O–H groups in total. The van der Waals surface area contributed by atoms with E-state index in [2.05, 4.69) is 20.6 Å². The number of nitrogens with zero attached hydrogens (tertiary/aromatic N) is 2. The fourth-order valence-electron chi connectivity index (χ4n) is 2.69. The van der Waals surface area contributed by atoms with Crippen molar-refractivity contribution < 1.29 is 4.79 Å². The van der Waals surface area contributed by atoms with Crippen LogP contribution in [0.3, 0.4) is 0 Å². The fourth-order valence-corrected chi connectivity index (χ4v) is 2.69. The van der Waals surface area contributed by atoms with Crippen LogP contribution < -0.4 is 10.6 Å². The molecule has 1 heterocycles. The number of nitrogens with one attached hydrogen (secondary N) is 2. The van der Waals surface area contributed by atoms with Crippen LogP contribution in [-0.2, 0) is 0 Å². The largest absolute Gasteiger partial charge is 0.352 e. The number of carbonyl (C=O) groups excluding carboxylic acids is 1. The summed E-state index contributed by atoms with van der Waals surface area (Å²) in [7, 11) is 0. The zero-order valence-corrected chi connectivity index (χ0v) is 13.3. The van der Waals surface area contributed by atoms with Gasteiger partial charge in [0.15, 0.2) is 0 Å². The van der Waals surface area contributed by atoms with E-state index in [1.54, 1.807) is 6.07 Å². The van der Waals surface area contributed by atoms with Crippen LogP contribution in [0, 0.1) is 6.92 Å². The smallest absolute Gasteiger partial charge is 0.270 e. The molecule has 0 saturated heterocycles. The predicted molar refractivity (Wildman–Crippen MR) is 84.5 cm³/mol. The van der Waals surface area contributed by atoms with Gasteiger partial charge in [-0.3, -0.25) is 4.79 Å². The van der Waals surface area contributed by atoms with Gasteiger partial charge in [-0.15, -0.1) is 0 Å². The Morgan fingerprint density at radius 1 is 1.19 bits per heavy atom. The molecule has 2 rings (SSSR count). The molecule has 0 unspecified atom stereocenters. The Balaban J connectivity index is 2.05. The molecular formula is C16H26N4O. The van der Waals surface area contributed by atoms with Gasteiger partial charge < -0.3 is 10.6 Å². The maximum absolute atomic E-state index is 12.4. The van der Waals surface area contributed by atoms with E-state index in [0.717, 1.165) is 18.5 Å². The predicted octanol–water partition coefficient (Wildman–Crippen LogP) is 3.06. The van der Waals surface area contributed by atoms with Crippen molar-refractivity contribution in [1.29, 1.82) is 0 Å². The van der Waals surface area contributed by atoms with Crippen LogP contribution in [0.4, 0.5) is 5.95 Å². The van der Waals surface area contributed by atoms with Crippen molar-refractivity contribution in [1.82, 2.24) is 15.3 Å². The molecule has 0 bridgehead atoms. The Morgan fingerprint density at radius 3 is 2.48 bits per heavy atom. The average Bonchev–Trinajstić information content (AvgIpc) is 2.65. The van der Waals surface area contributed by atoms with Gasteiger partial charge in [0, 0.05) is 17.8 Å². The van der Waals surface area contributed by atoms with Gasteiger partial charge in [0.1, 0.15) is 5.69 Å². The van der Waals surface area contributed by atoms with Gasteiger partial charge >= 0.3 is 0 Å². The van der Waals surface area contributed by atoms with Gasteiger partial charge in [-0.1, -0.05) is 25.7 Å². The molecule has 1 fully saturated rings. The number of amides is 1. The number of aromatic nitrogens is 2. The molecule has 0 atom stereocenters. The molecule has 1 aliphatic rings. The third kappa shape index (κ3) is 4.99. The molecule has 116 valence electrons. The second-order valence-corrected chi connectivity index (χ2v) is 6.18. The number of rotatable bonds is 4. The lowest BCUT2D eigenvalue weighted by Gasteiger charge is -2.16. The van der Waals surface area contributed by atoms with E-state index >= 15 is 0 Å². The van der Waals surface area contributed by atoms with Gasteiger partial charge in [0.05, 0.1) is 0 Å². The van der Waals surface area contributed by atoms with Crippen LogP contribution in [-0.4, -0.2) is 28.0 Å². The zero-order valence-electron chi connectivity index (χ0n) is 13.3. The standard InChI is InChI=1S/C16H26N4O/c1-11(2)17-16-18-12(3)10-14(20-16)15(21)19-13-8-6-4-5-7-9-13/h10-11,13H,4-9H2,1-3H3,(H,19,21)(H,17,18,20). The van der Waals surface area contributed by atoms with E-state index in [-0.39, 0.29) is 18.0 Å². The van der Waals surface area contributed by atoms with E-state index in [4.69, 9.17) is 0 Å².